The molecule has 1 rings (SSSR count). The van der Waals surface area contributed by atoms with Crippen LogP contribution in [-0.4, -0.2) is 12.5 Å². The van der Waals surface area contributed by atoms with Gasteiger partial charge in [0.25, 0.3) is 0 Å². The van der Waals surface area contributed by atoms with E-state index in [-0.39, 0.29) is 17.2 Å². The minimum absolute atomic E-state index is 0.0286. The second kappa shape index (κ2) is 8.12. The Morgan fingerprint density at radius 3 is 2.39 bits per heavy atom. The third kappa shape index (κ3) is 6.04. The van der Waals surface area contributed by atoms with Crippen molar-refractivity contribution in [2.24, 2.45) is 11.3 Å². The summed E-state index contributed by atoms with van der Waals surface area (Å²) in [6.07, 6.45) is 8.68. The fraction of sp³-hybridized carbons (Fsp3) is 0.688. The summed E-state index contributed by atoms with van der Waals surface area (Å²) in [5.41, 5.74) is 1.25. The Kier molecular flexibility index (Phi) is 7.65. The van der Waals surface area contributed by atoms with E-state index in [4.69, 9.17) is 0 Å². The number of carbonyl (C=O) groups excluding carboxylic acids is 1. The molecule has 0 heterocycles. The van der Waals surface area contributed by atoms with Crippen LogP contribution in [0.5, 0.6) is 0 Å². The quantitative estimate of drug-likeness (QED) is 0.804. The average molecular weight is 251 g/mol. The lowest BCUT2D eigenvalue weighted by Crippen LogP contribution is -2.37. The molecule has 0 aromatic carbocycles. The number of nitrogens with one attached hydrogen (secondary N) is 1. The highest BCUT2D eigenvalue weighted by molar-refractivity contribution is 5.79. The van der Waals surface area contributed by atoms with Gasteiger partial charge in [0, 0.05) is 12.5 Å². The summed E-state index contributed by atoms with van der Waals surface area (Å²) in [4.78, 5) is 11.9. The second-order valence-corrected chi connectivity index (χ2v) is 5.56. The van der Waals surface area contributed by atoms with Crippen LogP contribution in [0.25, 0.3) is 0 Å². The summed E-state index contributed by atoms with van der Waals surface area (Å²) < 4.78 is 0. The summed E-state index contributed by atoms with van der Waals surface area (Å²) in [6, 6.07) is 0. The van der Waals surface area contributed by atoms with Gasteiger partial charge in [-0.25, -0.2) is 0 Å². The van der Waals surface area contributed by atoms with Gasteiger partial charge in [-0.1, -0.05) is 59.8 Å². The molecule has 0 fully saturated rings. The summed E-state index contributed by atoms with van der Waals surface area (Å²) >= 11 is 0. The fourth-order valence-corrected chi connectivity index (χ4v) is 1.53. The van der Waals surface area contributed by atoms with Crippen LogP contribution in [0.2, 0.25) is 0 Å². The van der Waals surface area contributed by atoms with E-state index in [1.165, 1.54) is 5.57 Å². The molecule has 0 saturated heterocycles. The third-order valence-electron chi connectivity index (χ3n) is 3.23. The number of carbonyl (C=O) groups is 1. The summed E-state index contributed by atoms with van der Waals surface area (Å²) in [5, 5.41) is 3.00. The maximum atomic E-state index is 11.9. The van der Waals surface area contributed by atoms with Gasteiger partial charge in [0.05, 0.1) is 0 Å². The van der Waals surface area contributed by atoms with Gasteiger partial charge in [-0.05, 0) is 23.8 Å². The van der Waals surface area contributed by atoms with Gasteiger partial charge in [-0.3, -0.25) is 4.79 Å². The van der Waals surface area contributed by atoms with Crippen LogP contribution in [0.1, 0.15) is 54.4 Å². The van der Waals surface area contributed by atoms with Gasteiger partial charge < -0.3 is 5.32 Å². The van der Waals surface area contributed by atoms with Crippen LogP contribution in [0.4, 0.5) is 0 Å². The van der Waals surface area contributed by atoms with E-state index in [0.29, 0.717) is 6.54 Å². The van der Waals surface area contributed by atoms with E-state index in [0.717, 1.165) is 12.8 Å². The molecule has 1 atom stereocenters. The largest absolute Gasteiger partial charge is 0.352 e. The zero-order valence-electron chi connectivity index (χ0n) is 12.8. The minimum atomic E-state index is 0.0286. The zero-order valence-corrected chi connectivity index (χ0v) is 12.8. The Bertz CT molecular complexity index is 308. The Morgan fingerprint density at radius 1 is 1.33 bits per heavy atom. The molecule has 0 aliphatic heterocycles. The van der Waals surface area contributed by atoms with E-state index >= 15 is 0 Å². The van der Waals surface area contributed by atoms with Gasteiger partial charge in [-0.15, -0.1) is 0 Å². The predicted octanol–water partition coefficient (Wildman–Crippen LogP) is 4.09. The van der Waals surface area contributed by atoms with Crippen molar-refractivity contribution < 1.29 is 4.79 Å². The smallest absolute Gasteiger partial charge is 0.223 e. The number of amides is 1. The van der Waals surface area contributed by atoms with E-state index in [9.17, 15) is 4.79 Å². The first-order valence-electron chi connectivity index (χ1n) is 7.04. The van der Waals surface area contributed by atoms with Gasteiger partial charge >= 0.3 is 0 Å². The highest BCUT2D eigenvalue weighted by Gasteiger charge is 2.26. The standard InChI is InChI=1S/C14H23NO.C2H6/c1-11(14(2,3)4)13(16)15-10-12-8-6-5-7-9-12;1-2/h6,8-9,11H,5,7,10H2,1-4H3,(H,15,16);1-2H3. The molecule has 0 spiro atoms. The Balaban J connectivity index is 0.00000137. The summed E-state index contributed by atoms with van der Waals surface area (Å²) in [7, 11) is 0. The third-order valence-corrected chi connectivity index (χ3v) is 3.23. The van der Waals surface area contributed by atoms with E-state index < -0.39 is 0 Å². The molecule has 1 amide bonds. The molecule has 0 aromatic rings. The van der Waals surface area contributed by atoms with Crippen molar-refractivity contribution >= 4 is 5.91 Å². The number of hydrogen-bond donors (Lipinski definition) is 1. The molecule has 2 nitrogen and oxygen atoms in total. The topological polar surface area (TPSA) is 29.1 Å². The van der Waals surface area contributed by atoms with E-state index in [2.05, 4.69) is 44.3 Å². The molecule has 1 N–H and O–H groups in total. The molecule has 0 saturated carbocycles. The fourth-order valence-electron chi connectivity index (χ4n) is 1.53. The highest BCUT2D eigenvalue weighted by Crippen LogP contribution is 2.25. The molecular weight excluding hydrogens is 222 g/mol. The predicted molar refractivity (Wildman–Crippen MR) is 79.4 cm³/mol. The molecular formula is C16H29NO. The van der Waals surface area contributed by atoms with Gasteiger partial charge in [0.2, 0.25) is 5.91 Å². The van der Waals surface area contributed by atoms with Crippen molar-refractivity contribution in [1.29, 1.82) is 0 Å². The number of rotatable bonds is 3. The van der Waals surface area contributed by atoms with Gasteiger partial charge in [0.1, 0.15) is 0 Å². The Labute approximate surface area is 113 Å². The van der Waals surface area contributed by atoms with Crippen molar-refractivity contribution in [2.45, 2.75) is 54.4 Å². The zero-order chi connectivity index (χ0) is 14.2. The molecule has 2 heteroatoms. The molecule has 18 heavy (non-hydrogen) atoms. The van der Waals surface area contributed by atoms with Gasteiger partial charge in [0.15, 0.2) is 0 Å². The van der Waals surface area contributed by atoms with E-state index in [1.54, 1.807) is 0 Å². The molecule has 1 aliphatic carbocycles. The Morgan fingerprint density at radius 2 is 1.94 bits per heavy atom. The van der Waals surface area contributed by atoms with Crippen molar-refractivity contribution in [1.82, 2.24) is 5.32 Å². The SMILES string of the molecule is CC.CC(C(=O)NCC1=CCCC=C1)C(C)(C)C. The lowest BCUT2D eigenvalue weighted by Gasteiger charge is -2.26. The van der Waals surface area contributed by atoms with Crippen molar-refractivity contribution in [2.75, 3.05) is 6.54 Å². The van der Waals surface area contributed by atoms with Crippen LogP contribution in [0.3, 0.4) is 0 Å². The highest BCUT2D eigenvalue weighted by atomic mass is 16.1. The lowest BCUT2D eigenvalue weighted by molar-refractivity contribution is -0.127. The summed E-state index contributed by atoms with van der Waals surface area (Å²) in [6.45, 7) is 12.9. The first-order valence-corrected chi connectivity index (χ1v) is 7.04. The number of hydrogen-bond acceptors (Lipinski definition) is 1. The van der Waals surface area contributed by atoms with E-state index in [1.807, 2.05) is 20.8 Å². The molecule has 1 unspecified atom stereocenters. The van der Waals surface area contributed by atoms with Crippen LogP contribution in [0, 0.1) is 11.3 Å². The maximum absolute atomic E-state index is 11.9. The van der Waals surface area contributed by atoms with Crippen LogP contribution < -0.4 is 5.32 Å². The normalized spacial score (nSPS) is 16.2. The lowest BCUT2D eigenvalue weighted by atomic mass is 9.81. The Hall–Kier alpha value is -1.05. The van der Waals surface area contributed by atoms with Crippen LogP contribution in [0.15, 0.2) is 23.8 Å². The molecule has 0 aromatic heterocycles. The average Bonchev–Trinajstić information content (AvgIpc) is 2.37. The monoisotopic (exact) mass is 251 g/mol. The maximum Gasteiger partial charge on any atom is 0.223 e. The van der Waals surface area contributed by atoms with Gasteiger partial charge in [-0.2, -0.15) is 0 Å². The van der Waals surface area contributed by atoms with Crippen LogP contribution in [-0.2, 0) is 4.79 Å². The second-order valence-electron chi connectivity index (χ2n) is 5.56. The van der Waals surface area contributed by atoms with Crippen LogP contribution >= 0.6 is 0 Å². The van der Waals surface area contributed by atoms with Crippen molar-refractivity contribution in [3.05, 3.63) is 23.8 Å². The van der Waals surface area contributed by atoms with Crippen molar-refractivity contribution in [3.63, 3.8) is 0 Å². The molecule has 0 radical (unpaired) electrons. The first kappa shape index (κ1) is 16.9. The summed E-state index contributed by atoms with van der Waals surface area (Å²) in [5.74, 6) is 0.188. The molecule has 1 aliphatic rings. The first-order chi connectivity index (χ1) is 8.41. The minimum Gasteiger partial charge on any atom is -0.352 e. The number of allylic oxidation sites excluding steroid dienone is 2. The molecule has 104 valence electrons. The van der Waals surface area contributed by atoms with Crippen molar-refractivity contribution in [3.8, 4) is 0 Å². The molecule has 0 bridgehead atoms.